The van der Waals surface area contributed by atoms with E-state index in [0.29, 0.717) is 0 Å². The van der Waals surface area contributed by atoms with E-state index in [9.17, 15) is 0 Å². The van der Waals surface area contributed by atoms with E-state index in [1.807, 2.05) is 47.4 Å². The summed E-state index contributed by atoms with van der Waals surface area (Å²) in [6.45, 7) is 0. The zero-order chi connectivity index (χ0) is 21.3. The minimum atomic E-state index is -0.100. The van der Waals surface area contributed by atoms with Crippen molar-refractivity contribution in [3.63, 3.8) is 0 Å². The first kappa shape index (κ1) is 18.4. The average molecular weight is 416 g/mol. The number of aromatic nitrogens is 3. The molecule has 1 aliphatic rings. The number of benzene rings is 3. The summed E-state index contributed by atoms with van der Waals surface area (Å²) in [7, 11) is 0. The molecule has 1 atom stereocenters. The van der Waals surface area contributed by atoms with Crippen molar-refractivity contribution in [1.29, 1.82) is 0 Å². The van der Waals surface area contributed by atoms with Crippen molar-refractivity contribution in [3.05, 3.63) is 121 Å². The number of para-hydroxylation sites is 3. The van der Waals surface area contributed by atoms with E-state index in [1.54, 1.807) is 0 Å². The second-order valence-corrected chi connectivity index (χ2v) is 7.75. The van der Waals surface area contributed by atoms with E-state index >= 15 is 0 Å². The van der Waals surface area contributed by atoms with Crippen LogP contribution in [0.3, 0.4) is 0 Å². The van der Waals surface area contributed by atoms with E-state index in [0.717, 1.165) is 45.3 Å². The summed E-state index contributed by atoms with van der Waals surface area (Å²) in [6.07, 6.45) is 3.68. The Hall–Kier alpha value is -4.38. The lowest BCUT2D eigenvalue weighted by Gasteiger charge is -2.19. The lowest BCUT2D eigenvalue weighted by molar-refractivity contribution is 0.891. The largest absolute Gasteiger partial charge is 0.372 e. The molecule has 5 heteroatoms. The molecule has 0 amide bonds. The maximum Gasteiger partial charge on any atom is 0.140 e. The van der Waals surface area contributed by atoms with Crippen LogP contribution >= 0.6 is 0 Å². The van der Waals surface area contributed by atoms with Crippen molar-refractivity contribution in [1.82, 2.24) is 14.8 Å². The van der Waals surface area contributed by atoms with Crippen molar-refractivity contribution in [2.45, 2.75) is 6.04 Å². The van der Waals surface area contributed by atoms with Gasteiger partial charge in [-0.15, -0.1) is 0 Å². The van der Waals surface area contributed by atoms with Gasteiger partial charge in [0.15, 0.2) is 0 Å². The van der Waals surface area contributed by atoms with Crippen molar-refractivity contribution < 1.29 is 0 Å². The van der Waals surface area contributed by atoms with Gasteiger partial charge in [0, 0.05) is 23.5 Å². The fourth-order valence-corrected chi connectivity index (χ4v) is 4.27. The second kappa shape index (κ2) is 7.71. The van der Waals surface area contributed by atoms with Gasteiger partial charge in [-0.05, 0) is 42.0 Å². The van der Waals surface area contributed by atoms with Gasteiger partial charge in [0.1, 0.15) is 11.5 Å². The van der Waals surface area contributed by atoms with Crippen LogP contribution < -0.4 is 10.6 Å². The fourth-order valence-electron chi connectivity index (χ4n) is 4.27. The topological polar surface area (TPSA) is 54.8 Å². The summed E-state index contributed by atoms with van der Waals surface area (Å²) in [5.41, 5.74) is 7.32. The highest BCUT2D eigenvalue weighted by molar-refractivity contribution is 5.83. The minimum Gasteiger partial charge on any atom is -0.372 e. The van der Waals surface area contributed by atoms with Crippen molar-refractivity contribution >= 4 is 17.2 Å². The van der Waals surface area contributed by atoms with Gasteiger partial charge < -0.3 is 10.6 Å². The summed E-state index contributed by atoms with van der Waals surface area (Å²) in [5.74, 6) is 0.953. The van der Waals surface area contributed by atoms with Crippen LogP contribution in [-0.2, 0) is 0 Å². The number of nitrogens with one attached hydrogen (secondary N) is 2. The average Bonchev–Trinajstić information content (AvgIpc) is 3.14. The predicted octanol–water partition coefficient (Wildman–Crippen LogP) is 6.19. The second-order valence-electron chi connectivity index (χ2n) is 7.75. The molecular formula is C27H21N5. The highest BCUT2D eigenvalue weighted by Gasteiger charge is 2.31. The number of hydrogen-bond acceptors (Lipinski definition) is 4. The van der Waals surface area contributed by atoms with E-state index in [4.69, 9.17) is 5.10 Å². The number of hydrogen-bond donors (Lipinski definition) is 2. The number of rotatable bonds is 3. The van der Waals surface area contributed by atoms with E-state index in [-0.39, 0.29) is 6.04 Å². The summed E-state index contributed by atoms with van der Waals surface area (Å²) in [4.78, 5) is 4.23. The summed E-state index contributed by atoms with van der Waals surface area (Å²) in [5, 5.41) is 12.6. The van der Waals surface area contributed by atoms with Gasteiger partial charge in [-0.3, -0.25) is 4.98 Å². The lowest BCUT2D eigenvalue weighted by atomic mass is 9.96. The maximum atomic E-state index is 5.12. The maximum absolute atomic E-state index is 5.12. The smallest absolute Gasteiger partial charge is 0.140 e. The Bertz CT molecular complexity index is 1360. The van der Waals surface area contributed by atoms with Gasteiger partial charge in [-0.25, -0.2) is 4.68 Å². The summed E-state index contributed by atoms with van der Waals surface area (Å²) >= 11 is 0. The first-order valence-corrected chi connectivity index (χ1v) is 10.6. The van der Waals surface area contributed by atoms with Gasteiger partial charge in [-0.1, -0.05) is 60.7 Å². The SMILES string of the molecule is c1ccc(-c2nn(-c3ccccc3)c3c2[C@@H](c2ccncc2)Nc2ccccc2N3)cc1. The number of pyridine rings is 1. The molecule has 5 nitrogen and oxygen atoms in total. The molecule has 0 fully saturated rings. The normalized spacial score (nSPS) is 14.4. The first-order valence-electron chi connectivity index (χ1n) is 10.6. The van der Waals surface area contributed by atoms with Crippen LogP contribution in [0.25, 0.3) is 16.9 Å². The molecule has 1 aliphatic heterocycles. The van der Waals surface area contributed by atoms with Crippen LogP contribution in [0, 0.1) is 0 Å². The Labute approximate surface area is 186 Å². The molecule has 2 N–H and O–H groups in total. The Kier molecular flexibility index (Phi) is 4.43. The Morgan fingerprint density at radius 3 is 2.09 bits per heavy atom. The molecule has 0 saturated carbocycles. The summed E-state index contributed by atoms with van der Waals surface area (Å²) < 4.78 is 2.01. The molecular weight excluding hydrogens is 394 g/mol. The third kappa shape index (κ3) is 3.11. The van der Waals surface area contributed by atoms with Crippen LogP contribution in [-0.4, -0.2) is 14.8 Å². The fraction of sp³-hybridized carbons (Fsp3) is 0.0370. The van der Waals surface area contributed by atoms with Gasteiger partial charge >= 0.3 is 0 Å². The predicted molar refractivity (Wildman–Crippen MR) is 128 cm³/mol. The molecule has 0 radical (unpaired) electrons. The molecule has 0 bridgehead atoms. The first-order chi connectivity index (χ1) is 15.9. The van der Waals surface area contributed by atoms with Crippen LogP contribution in [0.2, 0.25) is 0 Å². The molecule has 0 unspecified atom stereocenters. The van der Waals surface area contributed by atoms with Gasteiger partial charge in [0.2, 0.25) is 0 Å². The standard InChI is InChI=1S/C27H21N5/c1-3-9-19(10-4-1)26-24-25(20-15-17-28-18-16-20)29-22-13-7-8-14-23(22)30-27(24)32(31-26)21-11-5-2-6-12-21/h1-18,25,29-30H/t25-/m1/s1. The molecule has 3 aromatic carbocycles. The Balaban J connectivity index is 1.67. The van der Waals surface area contributed by atoms with Crippen LogP contribution in [0.5, 0.6) is 0 Å². The molecule has 2 aromatic heterocycles. The Morgan fingerprint density at radius 1 is 0.688 bits per heavy atom. The zero-order valence-electron chi connectivity index (χ0n) is 17.3. The van der Waals surface area contributed by atoms with E-state index in [1.165, 1.54) is 0 Å². The molecule has 0 saturated heterocycles. The highest BCUT2D eigenvalue weighted by Crippen LogP contribution is 2.44. The lowest BCUT2D eigenvalue weighted by Crippen LogP contribution is -2.12. The molecule has 154 valence electrons. The van der Waals surface area contributed by atoms with Gasteiger partial charge in [-0.2, -0.15) is 5.10 Å². The van der Waals surface area contributed by atoms with Crippen LogP contribution in [0.4, 0.5) is 17.2 Å². The quantitative estimate of drug-likeness (QED) is 0.369. The third-order valence-electron chi connectivity index (χ3n) is 5.78. The summed E-state index contributed by atoms with van der Waals surface area (Å²) in [6, 6.07) is 32.9. The van der Waals surface area contributed by atoms with Crippen molar-refractivity contribution in [3.8, 4) is 16.9 Å². The van der Waals surface area contributed by atoms with Crippen molar-refractivity contribution in [2.75, 3.05) is 10.6 Å². The highest BCUT2D eigenvalue weighted by atomic mass is 15.3. The van der Waals surface area contributed by atoms with Crippen LogP contribution in [0.1, 0.15) is 17.2 Å². The Morgan fingerprint density at radius 2 is 1.34 bits per heavy atom. The molecule has 0 spiro atoms. The van der Waals surface area contributed by atoms with E-state index < -0.39 is 0 Å². The number of fused-ring (bicyclic) bond motifs is 2. The van der Waals surface area contributed by atoms with Crippen LogP contribution in [0.15, 0.2) is 109 Å². The minimum absolute atomic E-state index is 0.100. The zero-order valence-corrected chi connectivity index (χ0v) is 17.3. The number of nitrogens with zero attached hydrogens (tertiary/aromatic N) is 3. The molecule has 32 heavy (non-hydrogen) atoms. The van der Waals surface area contributed by atoms with E-state index in [2.05, 4.69) is 82.3 Å². The van der Waals surface area contributed by atoms with Gasteiger partial charge in [0.05, 0.1) is 23.1 Å². The third-order valence-corrected chi connectivity index (χ3v) is 5.78. The van der Waals surface area contributed by atoms with Crippen molar-refractivity contribution in [2.24, 2.45) is 0 Å². The molecule has 5 aromatic rings. The monoisotopic (exact) mass is 415 g/mol. The molecule has 6 rings (SSSR count). The molecule has 3 heterocycles. The van der Waals surface area contributed by atoms with Gasteiger partial charge in [0.25, 0.3) is 0 Å². The molecule has 0 aliphatic carbocycles. The number of anilines is 3.